The lowest BCUT2D eigenvalue weighted by atomic mass is 10.1. The van der Waals surface area contributed by atoms with E-state index in [1.165, 1.54) is 0 Å². The molecule has 0 bridgehead atoms. The highest BCUT2D eigenvalue weighted by Crippen LogP contribution is 2.30. The number of likely N-dealkylation sites (tertiary alicyclic amines) is 1. The molecule has 3 rings (SSSR count). The van der Waals surface area contributed by atoms with E-state index < -0.39 is 0 Å². The van der Waals surface area contributed by atoms with Crippen molar-refractivity contribution in [3.8, 4) is 11.5 Å². The van der Waals surface area contributed by atoms with E-state index in [0.29, 0.717) is 38.9 Å². The van der Waals surface area contributed by atoms with E-state index in [1.807, 2.05) is 12.1 Å². The molecule has 1 aromatic carbocycles. The largest absolute Gasteiger partial charge is 0.490 e. The monoisotopic (exact) mass is 519 g/mol. The van der Waals surface area contributed by atoms with Crippen LogP contribution in [-0.4, -0.2) is 70.6 Å². The standard InChI is InChI=1S/C21H33N3O4.HI/c1-3-22-21(24-8-7-18(15-24)16-26-12-11-25-2)23-14-17-5-6-19-20(13-17)28-10-4-9-27-19;/h5-6,13,18H,3-4,7-12,14-16H2,1-2H3,(H,22,23);1H. The Morgan fingerprint density at radius 3 is 2.86 bits per heavy atom. The van der Waals surface area contributed by atoms with Crippen molar-refractivity contribution in [1.82, 2.24) is 10.2 Å². The molecule has 2 aliphatic heterocycles. The van der Waals surface area contributed by atoms with Gasteiger partial charge in [0.05, 0.1) is 39.6 Å². The SMILES string of the molecule is CCNC(=NCc1ccc2c(c1)OCCCO2)N1CCC(COCCOC)C1.I. The van der Waals surface area contributed by atoms with Gasteiger partial charge in [0.25, 0.3) is 0 Å². The second-order valence-corrected chi connectivity index (χ2v) is 7.17. The lowest BCUT2D eigenvalue weighted by Crippen LogP contribution is -2.40. The Morgan fingerprint density at radius 1 is 1.24 bits per heavy atom. The fourth-order valence-electron chi connectivity index (χ4n) is 3.45. The van der Waals surface area contributed by atoms with Crippen molar-refractivity contribution in [3.05, 3.63) is 23.8 Å². The zero-order valence-electron chi connectivity index (χ0n) is 17.5. The Labute approximate surface area is 191 Å². The Bertz CT molecular complexity index is 644. The molecule has 1 fully saturated rings. The summed E-state index contributed by atoms with van der Waals surface area (Å²) in [5.74, 6) is 3.16. The number of benzene rings is 1. The highest BCUT2D eigenvalue weighted by atomic mass is 127. The average molecular weight is 519 g/mol. The summed E-state index contributed by atoms with van der Waals surface area (Å²) in [5.41, 5.74) is 1.12. The second-order valence-electron chi connectivity index (χ2n) is 7.17. The van der Waals surface area contributed by atoms with Crippen molar-refractivity contribution in [2.24, 2.45) is 10.9 Å². The van der Waals surface area contributed by atoms with Crippen LogP contribution < -0.4 is 14.8 Å². The molecule has 0 radical (unpaired) electrons. The fraction of sp³-hybridized carbons (Fsp3) is 0.667. The topological polar surface area (TPSA) is 64.6 Å². The van der Waals surface area contributed by atoms with Crippen LogP contribution in [0.25, 0.3) is 0 Å². The number of aliphatic imine (C=N–C) groups is 1. The Balaban J connectivity index is 0.00000300. The minimum Gasteiger partial charge on any atom is -0.490 e. The number of hydrogen-bond acceptors (Lipinski definition) is 5. The quantitative estimate of drug-likeness (QED) is 0.247. The van der Waals surface area contributed by atoms with Crippen LogP contribution in [0.15, 0.2) is 23.2 Å². The van der Waals surface area contributed by atoms with Crippen molar-refractivity contribution >= 4 is 29.9 Å². The molecule has 164 valence electrons. The number of methoxy groups -OCH3 is 1. The van der Waals surface area contributed by atoms with Gasteiger partial charge in [-0.3, -0.25) is 0 Å². The predicted molar refractivity (Wildman–Crippen MR) is 125 cm³/mol. The molecule has 0 saturated carbocycles. The third-order valence-corrected chi connectivity index (χ3v) is 4.93. The smallest absolute Gasteiger partial charge is 0.194 e. The summed E-state index contributed by atoms with van der Waals surface area (Å²) < 4.78 is 22.2. The first kappa shape index (κ1) is 24.0. The Kier molecular flexibility index (Phi) is 10.9. The second kappa shape index (κ2) is 13.1. The highest BCUT2D eigenvalue weighted by Gasteiger charge is 2.25. The van der Waals surface area contributed by atoms with Gasteiger partial charge in [0.1, 0.15) is 0 Å². The van der Waals surface area contributed by atoms with Gasteiger partial charge in [0, 0.05) is 39.1 Å². The van der Waals surface area contributed by atoms with E-state index in [1.54, 1.807) is 7.11 Å². The molecule has 1 atom stereocenters. The molecule has 0 aliphatic carbocycles. The molecule has 1 saturated heterocycles. The maximum Gasteiger partial charge on any atom is 0.194 e. The average Bonchev–Trinajstić information content (AvgIpc) is 3.05. The third kappa shape index (κ3) is 7.49. The van der Waals surface area contributed by atoms with Crippen molar-refractivity contribution in [3.63, 3.8) is 0 Å². The molecular formula is C21H34IN3O4. The van der Waals surface area contributed by atoms with Crippen LogP contribution in [0.3, 0.4) is 0 Å². The lowest BCUT2D eigenvalue weighted by Gasteiger charge is -2.22. The maximum absolute atomic E-state index is 5.79. The number of nitrogens with one attached hydrogen (secondary N) is 1. The summed E-state index contributed by atoms with van der Waals surface area (Å²) in [6, 6.07) is 6.10. The first-order chi connectivity index (χ1) is 13.8. The molecule has 0 amide bonds. The number of hydrogen-bond donors (Lipinski definition) is 1. The van der Waals surface area contributed by atoms with Crippen molar-refractivity contribution in [2.45, 2.75) is 26.3 Å². The minimum atomic E-state index is 0. The van der Waals surface area contributed by atoms with Gasteiger partial charge >= 0.3 is 0 Å². The molecule has 8 heteroatoms. The third-order valence-electron chi connectivity index (χ3n) is 4.93. The van der Waals surface area contributed by atoms with Gasteiger partial charge in [0.15, 0.2) is 17.5 Å². The molecule has 1 aromatic rings. The number of rotatable bonds is 8. The fourth-order valence-corrected chi connectivity index (χ4v) is 3.45. The Hall–Kier alpha value is -1.26. The highest BCUT2D eigenvalue weighted by molar-refractivity contribution is 14.0. The molecule has 0 spiro atoms. The zero-order chi connectivity index (χ0) is 19.6. The summed E-state index contributed by atoms with van der Waals surface area (Å²) in [7, 11) is 1.70. The summed E-state index contributed by atoms with van der Waals surface area (Å²) in [4.78, 5) is 7.19. The summed E-state index contributed by atoms with van der Waals surface area (Å²) in [6.07, 6.45) is 2.04. The number of fused-ring (bicyclic) bond motifs is 1. The molecule has 2 aliphatic rings. The van der Waals surface area contributed by atoms with Crippen LogP contribution in [0.2, 0.25) is 0 Å². The van der Waals surface area contributed by atoms with Crippen LogP contribution >= 0.6 is 24.0 Å². The van der Waals surface area contributed by atoms with Crippen molar-refractivity contribution < 1.29 is 18.9 Å². The summed E-state index contributed by atoms with van der Waals surface area (Å²) in [5, 5.41) is 3.42. The van der Waals surface area contributed by atoms with Gasteiger partial charge in [-0.25, -0.2) is 4.99 Å². The summed E-state index contributed by atoms with van der Waals surface area (Å²) in [6.45, 7) is 9.04. The lowest BCUT2D eigenvalue weighted by molar-refractivity contribution is 0.0536. The van der Waals surface area contributed by atoms with Gasteiger partial charge in [-0.15, -0.1) is 24.0 Å². The van der Waals surface area contributed by atoms with Gasteiger partial charge < -0.3 is 29.2 Å². The molecule has 29 heavy (non-hydrogen) atoms. The van der Waals surface area contributed by atoms with E-state index in [2.05, 4.69) is 23.2 Å². The van der Waals surface area contributed by atoms with Crippen molar-refractivity contribution in [2.75, 3.05) is 59.8 Å². The molecule has 0 aromatic heterocycles. The van der Waals surface area contributed by atoms with Crippen LogP contribution in [0.1, 0.15) is 25.3 Å². The molecule has 7 nitrogen and oxygen atoms in total. The number of ether oxygens (including phenoxy) is 4. The van der Waals surface area contributed by atoms with E-state index in [-0.39, 0.29) is 24.0 Å². The van der Waals surface area contributed by atoms with Gasteiger partial charge in [-0.2, -0.15) is 0 Å². The number of guanidine groups is 1. The van der Waals surface area contributed by atoms with Crippen LogP contribution in [0.4, 0.5) is 0 Å². The Morgan fingerprint density at radius 2 is 2.07 bits per heavy atom. The summed E-state index contributed by atoms with van der Waals surface area (Å²) >= 11 is 0. The van der Waals surface area contributed by atoms with E-state index >= 15 is 0 Å². The van der Waals surface area contributed by atoms with Gasteiger partial charge in [-0.05, 0) is 31.0 Å². The number of nitrogens with zero attached hydrogens (tertiary/aromatic N) is 2. The number of halogens is 1. The molecule has 1 N–H and O–H groups in total. The maximum atomic E-state index is 5.79. The van der Waals surface area contributed by atoms with E-state index in [0.717, 1.165) is 62.1 Å². The van der Waals surface area contributed by atoms with Crippen LogP contribution in [0.5, 0.6) is 11.5 Å². The van der Waals surface area contributed by atoms with Gasteiger partial charge in [-0.1, -0.05) is 6.07 Å². The normalized spacial score (nSPS) is 18.9. The van der Waals surface area contributed by atoms with E-state index in [9.17, 15) is 0 Å². The zero-order valence-corrected chi connectivity index (χ0v) is 19.9. The van der Waals surface area contributed by atoms with Crippen LogP contribution in [0, 0.1) is 5.92 Å². The van der Waals surface area contributed by atoms with Gasteiger partial charge in [0.2, 0.25) is 0 Å². The molecule has 1 unspecified atom stereocenters. The first-order valence-corrected chi connectivity index (χ1v) is 10.3. The first-order valence-electron chi connectivity index (χ1n) is 10.3. The van der Waals surface area contributed by atoms with Crippen molar-refractivity contribution in [1.29, 1.82) is 0 Å². The van der Waals surface area contributed by atoms with Crippen LogP contribution in [-0.2, 0) is 16.0 Å². The minimum absolute atomic E-state index is 0. The predicted octanol–water partition coefficient (Wildman–Crippen LogP) is 2.92. The molecule has 2 heterocycles. The molecular weight excluding hydrogens is 485 g/mol. The van der Waals surface area contributed by atoms with E-state index in [4.69, 9.17) is 23.9 Å².